The van der Waals surface area contributed by atoms with E-state index in [1.54, 1.807) is 12.1 Å². The van der Waals surface area contributed by atoms with Crippen LogP contribution in [0.15, 0.2) is 24.3 Å². The Morgan fingerprint density at radius 2 is 2.00 bits per heavy atom. The highest BCUT2D eigenvalue weighted by Gasteiger charge is 2.37. The summed E-state index contributed by atoms with van der Waals surface area (Å²) in [5.41, 5.74) is 7.12. The standard InChI is InChI=1S/C17H27FN2/c1-3-5-12-20(13-10-11-13)17(16(19)4-2)14-8-6-7-9-15(14)18/h6-9,13,16-17H,3-5,10-12,19H2,1-2H3. The fourth-order valence-electron chi connectivity index (χ4n) is 2.89. The van der Waals surface area contributed by atoms with Crippen LogP contribution in [0.1, 0.15) is 57.6 Å². The van der Waals surface area contributed by atoms with Gasteiger partial charge in [-0.1, -0.05) is 38.5 Å². The zero-order valence-electron chi connectivity index (χ0n) is 12.7. The van der Waals surface area contributed by atoms with Gasteiger partial charge in [0, 0.05) is 17.6 Å². The normalized spacial score (nSPS) is 18.2. The van der Waals surface area contributed by atoms with E-state index in [4.69, 9.17) is 5.73 Å². The van der Waals surface area contributed by atoms with Gasteiger partial charge < -0.3 is 5.73 Å². The van der Waals surface area contributed by atoms with E-state index < -0.39 is 0 Å². The SMILES string of the molecule is CCCCN(C1CC1)C(c1ccccc1F)C(N)CC. The minimum atomic E-state index is -0.122. The van der Waals surface area contributed by atoms with Gasteiger partial charge in [-0.25, -0.2) is 4.39 Å². The molecule has 0 saturated heterocycles. The maximum atomic E-state index is 14.2. The fraction of sp³-hybridized carbons (Fsp3) is 0.647. The number of hydrogen-bond donors (Lipinski definition) is 1. The Morgan fingerprint density at radius 3 is 2.55 bits per heavy atom. The first-order valence-corrected chi connectivity index (χ1v) is 7.94. The lowest BCUT2D eigenvalue weighted by atomic mass is 9.95. The lowest BCUT2D eigenvalue weighted by molar-refractivity contribution is 0.153. The molecule has 1 aromatic carbocycles. The second-order valence-corrected chi connectivity index (χ2v) is 5.86. The Hall–Kier alpha value is -0.930. The van der Waals surface area contributed by atoms with Crippen molar-refractivity contribution >= 4 is 0 Å². The molecule has 1 fully saturated rings. The van der Waals surface area contributed by atoms with E-state index in [1.165, 1.54) is 12.8 Å². The third-order valence-corrected chi connectivity index (χ3v) is 4.24. The largest absolute Gasteiger partial charge is 0.326 e. The summed E-state index contributed by atoms with van der Waals surface area (Å²) in [6, 6.07) is 7.72. The van der Waals surface area contributed by atoms with Crippen molar-refractivity contribution in [2.75, 3.05) is 6.54 Å². The average Bonchev–Trinajstić information content (AvgIpc) is 3.28. The van der Waals surface area contributed by atoms with Gasteiger partial charge in [-0.15, -0.1) is 0 Å². The molecule has 20 heavy (non-hydrogen) atoms. The average molecular weight is 278 g/mol. The molecule has 0 amide bonds. The molecule has 1 saturated carbocycles. The Balaban J connectivity index is 2.27. The summed E-state index contributed by atoms with van der Waals surface area (Å²) in [6.07, 6.45) is 5.64. The highest BCUT2D eigenvalue weighted by atomic mass is 19.1. The maximum Gasteiger partial charge on any atom is 0.128 e. The van der Waals surface area contributed by atoms with Gasteiger partial charge in [-0.05, 0) is 38.3 Å². The number of nitrogens with two attached hydrogens (primary N) is 1. The van der Waals surface area contributed by atoms with Gasteiger partial charge >= 0.3 is 0 Å². The molecular weight excluding hydrogens is 251 g/mol. The van der Waals surface area contributed by atoms with E-state index in [2.05, 4.69) is 18.7 Å². The van der Waals surface area contributed by atoms with Crippen LogP contribution in [0.25, 0.3) is 0 Å². The Morgan fingerprint density at radius 1 is 1.30 bits per heavy atom. The van der Waals surface area contributed by atoms with Gasteiger partial charge in [0.25, 0.3) is 0 Å². The van der Waals surface area contributed by atoms with Crippen molar-refractivity contribution in [1.29, 1.82) is 0 Å². The summed E-state index contributed by atoms with van der Waals surface area (Å²) in [4.78, 5) is 2.45. The van der Waals surface area contributed by atoms with Crippen LogP contribution in [-0.4, -0.2) is 23.5 Å². The van der Waals surface area contributed by atoms with Crippen LogP contribution in [0.4, 0.5) is 4.39 Å². The molecule has 0 aromatic heterocycles. The molecule has 1 aliphatic rings. The third-order valence-electron chi connectivity index (χ3n) is 4.24. The van der Waals surface area contributed by atoms with E-state index in [0.717, 1.165) is 31.4 Å². The van der Waals surface area contributed by atoms with Crippen molar-refractivity contribution in [2.24, 2.45) is 5.73 Å². The summed E-state index contributed by atoms with van der Waals surface area (Å²) in [6.45, 7) is 5.31. The Kier molecular flexibility index (Phi) is 5.55. The van der Waals surface area contributed by atoms with Crippen LogP contribution in [0.3, 0.4) is 0 Å². The molecule has 0 heterocycles. The van der Waals surface area contributed by atoms with Crippen LogP contribution >= 0.6 is 0 Å². The molecule has 2 N–H and O–H groups in total. The van der Waals surface area contributed by atoms with E-state index in [9.17, 15) is 4.39 Å². The van der Waals surface area contributed by atoms with Gasteiger partial charge in [0.2, 0.25) is 0 Å². The van der Waals surface area contributed by atoms with Gasteiger partial charge in [0.05, 0.1) is 6.04 Å². The second-order valence-electron chi connectivity index (χ2n) is 5.86. The summed E-state index contributed by atoms with van der Waals surface area (Å²) < 4.78 is 14.2. The molecule has 2 unspecified atom stereocenters. The zero-order valence-corrected chi connectivity index (χ0v) is 12.7. The first-order valence-electron chi connectivity index (χ1n) is 7.94. The van der Waals surface area contributed by atoms with E-state index in [1.807, 2.05) is 12.1 Å². The van der Waals surface area contributed by atoms with Crippen molar-refractivity contribution in [2.45, 2.75) is 64.1 Å². The zero-order chi connectivity index (χ0) is 14.5. The predicted octanol–water partition coefficient (Wildman–Crippen LogP) is 3.87. The van der Waals surface area contributed by atoms with Crippen LogP contribution in [-0.2, 0) is 0 Å². The number of rotatable bonds is 8. The summed E-state index contributed by atoms with van der Waals surface area (Å²) in [5.74, 6) is -0.122. The molecule has 1 aromatic rings. The van der Waals surface area contributed by atoms with Gasteiger partial charge in [-0.3, -0.25) is 4.90 Å². The number of benzene rings is 1. The van der Waals surface area contributed by atoms with E-state index in [0.29, 0.717) is 6.04 Å². The molecule has 0 spiro atoms. The summed E-state index contributed by atoms with van der Waals surface area (Å²) in [5, 5.41) is 0. The molecule has 0 radical (unpaired) electrons. The molecule has 1 aliphatic carbocycles. The minimum Gasteiger partial charge on any atom is -0.326 e. The van der Waals surface area contributed by atoms with E-state index >= 15 is 0 Å². The van der Waals surface area contributed by atoms with Crippen LogP contribution in [0.2, 0.25) is 0 Å². The van der Waals surface area contributed by atoms with Crippen molar-refractivity contribution in [3.8, 4) is 0 Å². The first kappa shape index (κ1) is 15.5. The van der Waals surface area contributed by atoms with Crippen molar-refractivity contribution < 1.29 is 4.39 Å². The first-order chi connectivity index (χ1) is 9.69. The molecule has 3 heteroatoms. The lowest BCUT2D eigenvalue weighted by Crippen LogP contribution is -2.43. The fourth-order valence-corrected chi connectivity index (χ4v) is 2.89. The summed E-state index contributed by atoms with van der Waals surface area (Å²) in [7, 11) is 0. The highest BCUT2D eigenvalue weighted by molar-refractivity contribution is 5.23. The molecule has 0 aliphatic heterocycles. The van der Waals surface area contributed by atoms with Crippen LogP contribution in [0, 0.1) is 5.82 Å². The molecular formula is C17H27FN2. The minimum absolute atomic E-state index is 0.00986. The predicted molar refractivity (Wildman–Crippen MR) is 82.0 cm³/mol. The highest BCUT2D eigenvalue weighted by Crippen LogP contribution is 2.37. The van der Waals surface area contributed by atoms with Gasteiger partial charge in [-0.2, -0.15) is 0 Å². The molecule has 0 bridgehead atoms. The van der Waals surface area contributed by atoms with E-state index in [-0.39, 0.29) is 17.9 Å². The quantitative estimate of drug-likeness (QED) is 0.782. The molecule has 2 nitrogen and oxygen atoms in total. The molecule has 112 valence electrons. The Labute approximate surface area is 122 Å². The van der Waals surface area contributed by atoms with Crippen molar-refractivity contribution in [3.05, 3.63) is 35.6 Å². The lowest BCUT2D eigenvalue weighted by Gasteiger charge is -2.36. The van der Waals surface area contributed by atoms with Gasteiger partial charge in [0.15, 0.2) is 0 Å². The second kappa shape index (κ2) is 7.19. The molecule has 2 rings (SSSR count). The van der Waals surface area contributed by atoms with Crippen molar-refractivity contribution in [3.63, 3.8) is 0 Å². The van der Waals surface area contributed by atoms with Crippen molar-refractivity contribution in [1.82, 2.24) is 4.90 Å². The number of nitrogens with zero attached hydrogens (tertiary/aromatic N) is 1. The Bertz CT molecular complexity index is 417. The van der Waals surface area contributed by atoms with Crippen LogP contribution < -0.4 is 5.73 Å². The maximum absolute atomic E-state index is 14.2. The smallest absolute Gasteiger partial charge is 0.128 e. The number of hydrogen-bond acceptors (Lipinski definition) is 2. The topological polar surface area (TPSA) is 29.3 Å². The summed E-state index contributed by atoms with van der Waals surface area (Å²) >= 11 is 0. The third kappa shape index (κ3) is 3.58. The van der Waals surface area contributed by atoms with Gasteiger partial charge in [0.1, 0.15) is 5.82 Å². The molecule has 2 atom stereocenters. The number of halogens is 1. The monoisotopic (exact) mass is 278 g/mol. The van der Waals surface area contributed by atoms with Crippen LogP contribution in [0.5, 0.6) is 0 Å². The number of unbranched alkanes of at least 4 members (excludes halogenated alkanes) is 1.